The molecular weight excluding hydrogens is 252 g/mol. The molecule has 0 saturated heterocycles. The highest BCUT2D eigenvalue weighted by Crippen LogP contribution is 2.18. The van der Waals surface area contributed by atoms with Crippen LogP contribution in [0.5, 0.6) is 0 Å². The van der Waals surface area contributed by atoms with E-state index < -0.39 is 15.3 Å². The van der Waals surface area contributed by atoms with Gasteiger partial charge in [0.15, 0.2) is 0 Å². The molecule has 0 amide bonds. The van der Waals surface area contributed by atoms with E-state index in [2.05, 4.69) is 15.1 Å². The van der Waals surface area contributed by atoms with Gasteiger partial charge in [-0.2, -0.15) is 5.10 Å². The number of nitrogens with zero attached hydrogens (tertiary/aromatic N) is 2. The molecule has 2 N–H and O–H groups in total. The summed E-state index contributed by atoms with van der Waals surface area (Å²) in [6, 6.07) is 0.529. The molecule has 102 valence electrons. The summed E-state index contributed by atoms with van der Waals surface area (Å²) >= 11 is 0. The molecule has 1 aromatic rings. The predicted molar refractivity (Wildman–Crippen MR) is 69.5 cm³/mol. The highest BCUT2D eigenvalue weighted by molar-refractivity contribution is 7.90. The van der Waals surface area contributed by atoms with Gasteiger partial charge in [-0.25, -0.2) is 13.1 Å². The van der Waals surface area contributed by atoms with Crippen LogP contribution in [0, 0.1) is 0 Å². The summed E-state index contributed by atoms with van der Waals surface area (Å²) in [5.74, 6) is 0. The number of hydrogen-bond donors (Lipinski definition) is 2. The summed E-state index contributed by atoms with van der Waals surface area (Å²) in [6.07, 6.45) is 5.79. The molecule has 0 radical (unpaired) electrons. The van der Waals surface area contributed by atoms with E-state index in [4.69, 9.17) is 0 Å². The van der Waals surface area contributed by atoms with Crippen LogP contribution in [0.15, 0.2) is 12.4 Å². The SMILES string of the molecule is CC(CNC1CC1)S(=O)(=O)NCc1cnn(C)c1. The summed E-state index contributed by atoms with van der Waals surface area (Å²) in [5.41, 5.74) is 0.864. The van der Waals surface area contributed by atoms with E-state index in [1.165, 1.54) is 0 Å². The standard InChI is InChI=1S/C11H20N4O2S/c1-9(5-12-11-3-4-11)18(16,17)14-7-10-6-13-15(2)8-10/h6,8-9,11-12,14H,3-5,7H2,1-2H3. The number of aromatic nitrogens is 2. The zero-order valence-corrected chi connectivity index (χ0v) is 11.6. The third-order valence-corrected chi connectivity index (χ3v) is 4.81. The molecule has 0 aliphatic heterocycles. The first-order valence-electron chi connectivity index (χ1n) is 6.17. The van der Waals surface area contributed by atoms with Gasteiger partial charge in [0.1, 0.15) is 0 Å². The maximum absolute atomic E-state index is 12.0. The van der Waals surface area contributed by atoms with Gasteiger partial charge in [-0.3, -0.25) is 4.68 Å². The molecule has 1 aliphatic carbocycles. The van der Waals surface area contributed by atoms with Crippen LogP contribution in [-0.2, 0) is 23.6 Å². The van der Waals surface area contributed by atoms with Crippen molar-refractivity contribution in [1.29, 1.82) is 0 Å². The van der Waals surface area contributed by atoms with Crippen molar-refractivity contribution in [2.75, 3.05) is 6.54 Å². The molecule has 6 nitrogen and oxygen atoms in total. The van der Waals surface area contributed by atoms with E-state index >= 15 is 0 Å². The second-order valence-electron chi connectivity index (χ2n) is 4.88. The normalized spacial score (nSPS) is 17.9. The largest absolute Gasteiger partial charge is 0.313 e. The lowest BCUT2D eigenvalue weighted by atomic mass is 10.4. The van der Waals surface area contributed by atoms with Gasteiger partial charge in [-0.15, -0.1) is 0 Å². The maximum Gasteiger partial charge on any atom is 0.215 e. The Balaban J connectivity index is 1.81. The van der Waals surface area contributed by atoms with Crippen LogP contribution in [-0.4, -0.2) is 36.0 Å². The average Bonchev–Trinajstić information content (AvgIpc) is 3.06. The molecule has 0 bridgehead atoms. The Kier molecular flexibility index (Phi) is 4.04. The summed E-state index contributed by atoms with van der Waals surface area (Å²) < 4.78 is 28.2. The molecule has 0 aromatic carbocycles. The molecule has 7 heteroatoms. The molecule has 1 aromatic heterocycles. The fraction of sp³-hybridized carbons (Fsp3) is 0.727. The highest BCUT2D eigenvalue weighted by Gasteiger charge is 2.25. The van der Waals surface area contributed by atoms with Gasteiger partial charge in [0.05, 0.1) is 11.4 Å². The third-order valence-electron chi connectivity index (χ3n) is 3.04. The van der Waals surface area contributed by atoms with Crippen molar-refractivity contribution < 1.29 is 8.42 Å². The van der Waals surface area contributed by atoms with Crippen molar-refractivity contribution in [2.45, 2.75) is 37.6 Å². The van der Waals surface area contributed by atoms with Crippen molar-refractivity contribution in [3.63, 3.8) is 0 Å². The number of hydrogen-bond acceptors (Lipinski definition) is 4. The lowest BCUT2D eigenvalue weighted by Gasteiger charge is -2.14. The van der Waals surface area contributed by atoms with Crippen LogP contribution in [0.1, 0.15) is 25.3 Å². The topological polar surface area (TPSA) is 76.0 Å². The highest BCUT2D eigenvalue weighted by atomic mass is 32.2. The average molecular weight is 272 g/mol. The molecule has 1 heterocycles. The fourth-order valence-corrected chi connectivity index (χ4v) is 2.59. The fourth-order valence-electron chi connectivity index (χ4n) is 1.62. The zero-order valence-electron chi connectivity index (χ0n) is 10.8. The van der Waals surface area contributed by atoms with Crippen LogP contribution in [0.4, 0.5) is 0 Å². The molecule has 1 fully saturated rings. The Morgan fingerprint density at radius 3 is 2.83 bits per heavy atom. The Bertz CT molecular complexity index is 493. The first-order chi connectivity index (χ1) is 8.47. The van der Waals surface area contributed by atoms with Crippen molar-refractivity contribution in [2.24, 2.45) is 7.05 Å². The monoisotopic (exact) mass is 272 g/mol. The second-order valence-corrected chi connectivity index (χ2v) is 7.06. The van der Waals surface area contributed by atoms with Crippen molar-refractivity contribution in [3.05, 3.63) is 18.0 Å². The lowest BCUT2D eigenvalue weighted by molar-refractivity contribution is 0.557. The van der Waals surface area contributed by atoms with Gasteiger partial charge in [-0.05, 0) is 19.8 Å². The molecule has 18 heavy (non-hydrogen) atoms. The minimum atomic E-state index is -3.27. The van der Waals surface area contributed by atoms with Crippen LogP contribution < -0.4 is 10.0 Å². The van der Waals surface area contributed by atoms with Crippen LogP contribution >= 0.6 is 0 Å². The van der Waals surface area contributed by atoms with E-state index in [0.717, 1.165) is 18.4 Å². The van der Waals surface area contributed by atoms with Gasteiger partial charge < -0.3 is 5.32 Å². The van der Waals surface area contributed by atoms with Crippen LogP contribution in [0.2, 0.25) is 0 Å². The van der Waals surface area contributed by atoms with Crippen LogP contribution in [0.25, 0.3) is 0 Å². The number of sulfonamides is 1. The molecule has 1 aliphatic rings. The summed E-state index contributed by atoms with van der Waals surface area (Å²) in [7, 11) is -1.46. The minimum absolute atomic E-state index is 0.296. The zero-order chi connectivity index (χ0) is 13.2. The third kappa shape index (κ3) is 3.79. The lowest BCUT2D eigenvalue weighted by Crippen LogP contribution is -2.39. The second kappa shape index (κ2) is 5.38. The summed E-state index contributed by atoms with van der Waals surface area (Å²) in [4.78, 5) is 0. The Hall–Kier alpha value is -0.920. The molecule has 2 rings (SSSR count). The van der Waals surface area contributed by atoms with Crippen molar-refractivity contribution >= 4 is 10.0 Å². The number of nitrogens with one attached hydrogen (secondary N) is 2. The molecule has 0 spiro atoms. The maximum atomic E-state index is 12.0. The van der Waals surface area contributed by atoms with Crippen molar-refractivity contribution in [1.82, 2.24) is 19.8 Å². The van der Waals surface area contributed by atoms with E-state index in [-0.39, 0.29) is 0 Å². The molecule has 1 saturated carbocycles. The van der Waals surface area contributed by atoms with Gasteiger partial charge in [-0.1, -0.05) is 0 Å². The van der Waals surface area contributed by atoms with E-state index in [0.29, 0.717) is 19.1 Å². The van der Waals surface area contributed by atoms with Crippen molar-refractivity contribution in [3.8, 4) is 0 Å². The molecule has 1 atom stereocenters. The number of rotatable bonds is 7. The molecule has 1 unspecified atom stereocenters. The van der Waals surface area contributed by atoms with E-state index in [1.54, 1.807) is 31.0 Å². The van der Waals surface area contributed by atoms with Crippen LogP contribution in [0.3, 0.4) is 0 Å². The first-order valence-corrected chi connectivity index (χ1v) is 7.71. The number of aryl methyl sites for hydroxylation is 1. The van der Waals surface area contributed by atoms with E-state index in [9.17, 15) is 8.42 Å². The quantitative estimate of drug-likeness (QED) is 0.731. The first kappa shape index (κ1) is 13.5. The van der Waals surface area contributed by atoms with Gasteiger partial charge in [0.2, 0.25) is 10.0 Å². The van der Waals surface area contributed by atoms with Gasteiger partial charge >= 0.3 is 0 Å². The molecular formula is C11H20N4O2S. The Morgan fingerprint density at radius 2 is 2.28 bits per heavy atom. The smallest absolute Gasteiger partial charge is 0.215 e. The minimum Gasteiger partial charge on any atom is -0.313 e. The predicted octanol–water partition coefficient (Wildman–Crippen LogP) is -0.0200. The summed E-state index contributed by atoms with van der Waals surface area (Å²) in [5, 5.41) is 6.81. The summed E-state index contributed by atoms with van der Waals surface area (Å²) in [6.45, 7) is 2.53. The Morgan fingerprint density at radius 1 is 1.56 bits per heavy atom. The van der Waals surface area contributed by atoms with E-state index in [1.807, 2.05) is 0 Å². The van der Waals surface area contributed by atoms with Gasteiger partial charge in [0.25, 0.3) is 0 Å². The Labute approximate surface area is 108 Å². The van der Waals surface area contributed by atoms with Gasteiger partial charge in [0, 0.05) is 37.9 Å².